The zero-order valence-electron chi connectivity index (χ0n) is 12.3. The first-order valence-corrected chi connectivity index (χ1v) is 8.12. The van der Waals surface area contributed by atoms with Crippen molar-refractivity contribution < 1.29 is 14.3 Å². The van der Waals surface area contributed by atoms with Crippen LogP contribution in [0.5, 0.6) is 0 Å². The topological polar surface area (TPSA) is 50.8 Å². The average Bonchev–Trinajstić information content (AvgIpc) is 2.95. The number of urea groups is 1. The number of rotatable bonds is 2. The molecule has 22 heavy (non-hydrogen) atoms. The largest absolute Gasteiger partial charge is 0.346 e. The van der Waals surface area contributed by atoms with Crippen molar-refractivity contribution >= 4 is 17.6 Å². The van der Waals surface area contributed by atoms with Crippen LogP contribution in [0.4, 0.5) is 4.79 Å². The number of halogens is 1. The van der Waals surface area contributed by atoms with Gasteiger partial charge in [-0.15, -0.1) is 0 Å². The molecule has 1 spiro atoms. The van der Waals surface area contributed by atoms with E-state index >= 15 is 0 Å². The summed E-state index contributed by atoms with van der Waals surface area (Å²) in [5, 5.41) is 3.85. The van der Waals surface area contributed by atoms with Gasteiger partial charge in [-0.1, -0.05) is 23.7 Å². The standard InChI is InChI=1S/C16H19ClN2O3/c17-12-3-1-2-11(8-12)13-9-14(13)18-15(20)19-5-4-16(10-19)21-6-7-22-16/h1-3,8,13-14H,4-7,9-10H2,(H,18,20)/t13-,14-/m0/s1. The molecule has 0 bridgehead atoms. The summed E-state index contributed by atoms with van der Waals surface area (Å²) in [4.78, 5) is 14.1. The van der Waals surface area contributed by atoms with E-state index in [1.807, 2.05) is 18.2 Å². The van der Waals surface area contributed by atoms with E-state index in [9.17, 15) is 4.79 Å². The number of nitrogens with zero attached hydrogens (tertiary/aromatic N) is 1. The maximum Gasteiger partial charge on any atom is 0.317 e. The van der Waals surface area contributed by atoms with Crippen molar-refractivity contribution in [3.8, 4) is 0 Å². The fourth-order valence-electron chi connectivity index (χ4n) is 3.37. The van der Waals surface area contributed by atoms with Crippen LogP contribution in [-0.4, -0.2) is 49.1 Å². The lowest BCUT2D eigenvalue weighted by atomic mass is 10.1. The summed E-state index contributed by atoms with van der Waals surface area (Å²) in [5.41, 5.74) is 1.19. The van der Waals surface area contributed by atoms with Gasteiger partial charge in [-0.2, -0.15) is 0 Å². The van der Waals surface area contributed by atoms with Gasteiger partial charge in [0.25, 0.3) is 0 Å². The molecule has 2 aliphatic heterocycles. The van der Waals surface area contributed by atoms with Crippen LogP contribution in [0.15, 0.2) is 24.3 Å². The number of amides is 2. The predicted molar refractivity (Wildman–Crippen MR) is 82.0 cm³/mol. The first kappa shape index (κ1) is 14.3. The summed E-state index contributed by atoms with van der Waals surface area (Å²) in [7, 11) is 0. The number of likely N-dealkylation sites (tertiary alicyclic amines) is 1. The van der Waals surface area contributed by atoms with Crippen LogP contribution in [-0.2, 0) is 9.47 Å². The molecule has 2 atom stereocenters. The third-order valence-corrected chi connectivity index (χ3v) is 4.91. The number of carbonyl (C=O) groups excluding carboxylic acids is 1. The van der Waals surface area contributed by atoms with E-state index in [-0.39, 0.29) is 12.1 Å². The molecule has 2 heterocycles. The molecular weight excluding hydrogens is 304 g/mol. The third-order valence-electron chi connectivity index (χ3n) is 4.67. The lowest BCUT2D eigenvalue weighted by Crippen LogP contribution is -2.43. The Kier molecular flexibility index (Phi) is 3.51. The molecule has 118 valence electrons. The zero-order valence-corrected chi connectivity index (χ0v) is 13.0. The van der Waals surface area contributed by atoms with E-state index < -0.39 is 5.79 Å². The Morgan fingerprint density at radius 3 is 2.95 bits per heavy atom. The Morgan fingerprint density at radius 1 is 1.36 bits per heavy atom. The van der Waals surface area contributed by atoms with Gasteiger partial charge in [0.1, 0.15) is 0 Å². The second-order valence-electron chi connectivity index (χ2n) is 6.23. The fourth-order valence-corrected chi connectivity index (χ4v) is 3.57. The molecule has 1 aromatic carbocycles. The lowest BCUT2D eigenvalue weighted by molar-refractivity contribution is -0.143. The molecule has 1 aliphatic carbocycles. The van der Waals surface area contributed by atoms with Crippen LogP contribution in [0.25, 0.3) is 0 Å². The lowest BCUT2D eigenvalue weighted by Gasteiger charge is -2.22. The fraction of sp³-hybridized carbons (Fsp3) is 0.562. The molecule has 3 aliphatic rings. The van der Waals surface area contributed by atoms with Gasteiger partial charge in [0.2, 0.25) is 0 Å². The van der Waals surface area contributed by atoms with Crippen molar-refractivity contribution in [3.63, 3.8) is 0 Å². The van der Waals surface area contributed by atoms with Gasteiger partial charge >= 0.3 is 6.03 Å². The Bertz CT molecular complexity index is 589. The van der Waals surface area contributed by atoms with Gasteiger partial charge in [0.15, 0.2) is 5.79 Å². The second-order valence-corrected chi connectivity index (χ2v) is 6.67. The normalized spacial score (nSPS) is 29.0. The summed E-state index contributed by atoms with van der Waals surface area (Å²) in [6, 6.07) is 8.04. The Labute approximate surface area is 134 Å². The highest BCUT2D eigenvalue weighted by Gasteiger charge is 2.46. The highest BCUT2D eigenvalue weighted by Crippen LogP contribution is 2.41. The highest BCUT2D eigenvalue weighted by atomic mass is 35.5. The number of hydrogen-bond donors (Lipinski definition) is 1. The molecular formula is C16H19ClN2O3. The van der Waals surface area contributed by atoms with Gasteiger partial charge < -0.3 is 19.7 Å². The molecule has 1 saturated carbocycles. The molecule has 5 nitrogen and oxygen atoms in total. The molecule has 1 N–H and O–H groups in total. The van der Waals surface area contributed by atoms with E-state index in [4.69, 9.17) is 21.1 Å². The van der Waals surface area contributed by atoms with Crippen LogP contribution in [0.1, 0.15) is 24.3 Å². The quantitative estimate of drug-likeness (QED) is 0.909. The predicted octanol–water partition coefficient (Wildman–Crippen LogP) is 2.35. The minimum Gasteiger partial charge on any atom is -0.346 e. The number of nitrogens with one attached hydrogen (secondary N) is 1. The molecule has 2 amide bonds. The van der Waals surface area contributed by atoms with Gasteiger partial charge in [0.05, 0.1) is 19.8 Å². The van der Waals surface area contributed by atoms with Crippen LogP contribution < -0.4 is 5.32 Å². The van der Waals surface area contributed by atoms with E-state index in [2.05, 4.69) is 11.4 Å². The van der Waals surface area contributed by atoms with Crippen molar-refractivity contribution in [3.05, 3.63) is 34.9 Å². The minimum atomic E-state index is -0.548. The van der Waals surface area contributed by atoms with E-state index in [1.54, 1.807) is 4.90 Å². The SMILES string of the molecule is O=C(N[C@H]1C[C@H]1c1cccc(Cl)c1)N1CCC2(C1)OCCO2. The third kappa shape index (κ3) is 2.69. The van der Waals surface area contributed by atoms with Crippen molar-refractivity contribution in [2.75, 3.05) is 26.3 Å². The maximum atomic E-state index is 12.4. The summed E-state index contributed by atoms with van der Waals surface area (Å²) in [6.45, 7) is 2.44. The molecule has 0 aromatic heterocycles. The maximum absolute atomic E-state index is 12.4. The molecule has 6 heteroatoms. The summed E-state index contributed by atoms with van der Waals surface area (Å²) in [6.07, 6.45) is 1.72. The smallest absolute Gasteiger partial charge is 0.317 e. The number of ether oxygens (including phenoxy) is 2. The summed E-state index contributed by atoms with van der Waals surface area (Å²) < 4.78 is 11.3. The second kappa shape index (κ2) is 5.41. The summed E-state index contributed by atoms with van der Waals surface area (Å²) in [5.74, 6) is -0.175. The monoisotopic (exact) mass is 322 g/mol. The van der Waals surface area contributed by atoms with Crippen LogP contribution >= 0.6 is 11.6 Å². The molecule has 4 rings (SSSR count). The molecule has 1 aromatic rings. The molecule has 0 unspecified atom stereocenters. The zero-order chi connectivity index (χ0) is 15.2. The Balaban J connectivity index is 1.32. The van der Waals surface area contributed by atoms with E-state index in [1.165, 1.54) is 5.56 Å². The summed E-state index contributed by atoms with van der Waals surface area (Å²) >= 11 is 6.02. The van der Waals surface area contributed by atoms with Crippen molar-refractivity contribution in [2.45, 2.75) is 30.6 Å². The molecule has 2 saturated heterocycles. The van der Waals surface area contributed by atoms with Crippen LogP contribution in [0.3, 0.4) is 0 Å². The number of hydrogen-bond acceptors (Lipinski definition) is 3. The number of benzene rings is 1. The van der Waals surface area contributed by atoms with Gasteiger partial charge in [-0.3, -0.25) is 0 Å². The first-order chi connectivity index (χ1) is 10.7. The van der Waals surface area contributed by atoms with E-state index in [0.29, 0.717) is 32.2 Å². The molecule has 3 fully saturated rings. The van der Waals surface area contributed by atoms with Gasteiger partial charge in [-0.05, 0) is 24.1 Å². The Morgan fingerprint density at radius 2 is 2.18 bits per heavy atom. The van der Waals surface area contributed by atoms with E-state index in [0.717, 1.165) is 17.9 Å². The Hall–Kier alpha value is -1.30. The van der Waals surface area contributed by atoms with Crippen molar-refractivity contribution in [1.82, 2.24) is 10.2 Å². The van der Waals surface area contributed by atoms with Crippen molar-refractivity contribution in [2.24, 2.45) is 0 Å². The van der Waals surface area contributed by atoms with Gasteiger partial charge in [-0.25, -0.2) is 4.79 Å². The minimum absolute atomic E-state index is 0.0227. The highest BCUT2D eigenvalue weighted by molar-refractivity contribution is 6.30. The van der Waals surface area contributed by atoms with Crippen LogP contribution in [0, 0.1) is 0 Å². The average molecular weight is 323 g/mol. The molecule has 0 radical (unpaired) electrons. The number of carbonyl (C=O) groups is 1. The first-order valence-electron chi connectivity index (χ1n) is 7.74. The van der Waals surface area contributed by atoms with Gasteiger partial charge in [0, 0.05) is 29.9 Å². The van der Waals surface area contributed by atoms with Crippen LogP contribution in [0.2, 0.25) is 5.02 Å². The van der Waals surface area contributed by atoms with Crippen molar-refractivity contribution in [1.29, 1.82) is 0 Å².